The van der Waals surface area contributed by atoms with Crippen molar-refractivity contribution in [3.05, 3.63) is 16.4 Å². The number of hydrogen-bond acceptors (Lipinski definition) is 4. The molecule has 1 unspecified atom stereocenters. The number of likely N-dealkylation sites (N-methyl/N-ethyl adjacent to an activating group) is 1. The predicted octanol–water partition coefficient (Wildman–Crippen LogP) is 2.30. The van der Waals surface area contributed by atoms with Gasteiger partial charge in [0.25, 0.3) is 0 Å². The van der Waals surface area contributed by atoms with Crippen molar-refractivity contribution in [3.63, 3.8) is 0 Å². The summed E-state index contributed by atoms with van der Waals surface area (Å²) in [4.78, 5) is 0. The lowest BCUT2D eigenvalue weighted by Gasteiger charge is -2.27. The van der Waals surface area contributed by atoms with Gasteiger partial charge in [-0.25, -0.2) is 0 Å². The van der Waals surface area contributed by atoms with Crippen molar-refractivity contribution in [3.8, 4) is 0 Å². The molecule has 1 aromatic heterocycles. The number of ether oxygens (including phenoxy) is 2. The van der Waals surface area contributed by atoms with E-state index in [9.17, 15) is 0 Å². The summed E-state index contributed by atoms with van der Waals surface area (Å²) in [5.74, 6) is 0. The van der Waals surface area contributed by atoms with Crippen LogP contribution >= 0.6 is 11.6 Å². The summed E-state index contributed by atoms with van der Waals surface area (Å²) in [6, 6.07) is 0.0483. The molecule has 0 bridgehead atoms. The third kappa shape index (κ3) is 4.45. The van der Waals surface area contributed by atoms with Crippen molar-refractivity contribution in [1.29, 1.82) is 0 Å². The molecule has 0 aliphatic carbocycles. The molecule has 0 aliphatic rings. The average Bonchev–Trinajstić information content (AvgIpc) is 2.64. The zero-order chi connectivity index (χ0) is 15.1. The summed E-state index contributed by atoms with van der Waals surface area (Å²) >= 11 is 6.32. The molecule has 1 N–H and O–H groups in total. The van der Waals surface area contributed by atoms with Gasteiger partial charge in [-0.05, 0) is 27.3 Å². The predicted molar refractivity (Wildman–Crippen MR) is 81.2 cm³/mol. The van der Waals surface area contributed by atoms with E-state index in [1.165, 1.54) is 0 Å². The minimum atomic E-state index is -0.281. The van der Waals surface area contributed by atoms with Crippen LogP contribution < -0.4 is 5.32 Å². The van der Waals surface area contributed by atoms with Gasteiger partial charge in [-0.3, -0.25) is 4.68 Å². The van der Waals surface area contributed by atoms with Crippen LogP contribution in [0.25, 0.3) is 0 Å². The number of rotatable bonds is 9. The third-order valence-electron chi connectivity index (χ3n) is 3.13. The van der Waals surface area contributed by atoms with Gasteiger partial charge in [0.15, 0.2) is 6.29 Å². The van der Waals surface area contributed by atoms with Crippen molar-refractivity contribution in [2.45, 2.75) is 46.4 Å². The minimum absolute atomic E-state index is 0.0483. The average molecular weight is 304 g/mol. The van der Waals surface area contributed by atoms with Gasteiger partial charge in [0.2, 0.25) is 0 Å². The Morgan fingerprint density at radius 2 is 1.85 bits per heavy atom. The van der Waals surface area contributed by atoms with Crippen LogP contribution in [0.15, 0.2) is 0 Å². The molecule has 5 nitrogen and oxygen atoms in total. The van der Waals surface area contributed by atoms with Crippen molar-refractivity contribution >= 4 is 11.6 Å². The molecule has 0 aliphatic heterocycles. The lowest BCUT2D eigenvalue weighted by atomic mass is 10.1. The first-order valence-corrected chi connectivity index (χ1v) is 7.57. The van der Waals surface area contributed by atoms with Gasteiger partial charge in [-0.15, -0.1) is 0 Å². The second-order valence-corrected chi connectivity index (χ2v) is 5.00. The van der Waals surface area contributed by atoms with E-state index >= 15 is 0 Å². The van der Waals surface area contributed by atoms with Gasteiger partial charge in [0, 0.05) is 26.7 Å². The number of halogens is 1. The van der Waals surface area contributed by atoms with Crippen LogP contribution in [-0.4, -0.2) is 41.9 Å². The first kappa shape index (κ1) is 17.4. The lowest BCUT2D eigenvalue weighted by molar-refractivity contribution is -0.153. The van der Waals surface area contributed by atoms with Crippen molar-refractivity contribution < 1.29 is 9.47 Å². The quantitative estimate of drug-likeness (QED) is 0.711. The number of hydrogen-bond donors (Lipinski definition) is 1. The molecule has 1 heterocycles. The molecule has 0 saturated heterocycles. The van der Waals surface area contributed by atoms with Crippen LogP contribution in [0, 0.1) is 6.92 Å². The molecule has 0 aromatic carbocycles. The Morgan fingerprint density at radius 1 is 1.25 bits per heavy atom. The van der Waals surface area contributed by atoms with Gasteiger partial charge in [-0.2, -0.15) is 5.10 Å². The molecule has 0 amide bonds. The second-order valence-electron chi connectivity index (χ2n) is 4.62. The lowest BCUT2D eigenvalue weighted by Crippen LogP contribution is -2.45. The number of aryl methyl sites for hydroxylation is 2. The fourth-order valence-electron chi connectivity index (χ4n) is 2.25. The summed E-state index contributed by atoms with van der Waals surface area (Å²) in [7, 11) is 1.91. The van der Waals surface area contributed by atoms with E-state index in [0.29, 0.717) is 19.6 Å². The van der Waals surface area contributed by atoms with E-state index in [0.717, 1.165) is 23.0 Å². The van der Waals surface area contributed by atoms with Crippen LogP contribution in [0.1, 0.15) is 32.2 Å². The first-order chi connectivity index (χ1) is 9.54. The number of nitrogens with zero attached hydrogens (tertiary/aromatic N) is 2. The Kier molecular flexibility index (Phi) is 7.51. The molecule has 1 atom stereocenters. The molecular weight excluding hydrogens is 278 g/mol. The highest BCUT2D eigenvalue weighted by Crippen LogP contribution is 2.22. The molecule has 0 fully saturated rings. The zero-order valence-electron chi connectivity index (χ0n) is 13.1. The summed E-state index contributed by atoms with van der Waals surface area (Å²) in [6.07, 6.45) is 0.436. The second kappa shape index (κ2) is 8.62. The summed E-state index contributed by atoms with van der Waals surface area (Å²) in [5.41, 5.74) is 1.85. The number of aromatic nitrogens is 2. The molecule has 116 valence electrons. The maximum absolute atomic E-state index is 6.32. The van der Waals surface area contributed by atoms with E-state index in [4.69, 9.17) is 21.1 Å². The number of nitrogens with one attached hydrogen (secondary N) is 1. The first-order valence-electron chi connectivity index (χ1n) is 7.19. The van der Waals surface area contributed by atoms with E-state index in [1.54, 1.807) is 0 Å². The smallest absolute Gasteiger partial charge is 0.173 e. The van der Waals surface area contributed by atoms with E-state index < -0.39 is 0 Å². The van der Waals surface area contributed by atoms with Gasteiger partial charge >= 0.3 is 0 Å². The Balaban J connectivity index is 2.89. The summed E-state index contributed by atoms with van der Waals surface area (Å²) in [5, 5.41) is 8.49. The summed E-state index contributed by atoms with van der Waals surface area (Å²) in [6.45, 7) is 9.99. The Morgan fingerprint density at radius 3 is 2.25 bits per heavy atom. The fraction of sp³-hybridized carbons (Fsp3) is 0.786. The Labute approximate surface area is 126 Å². The normalized spacial score (nSPS) is 13.2. The largest absolute Gasteiger partial charge is 0.351 e. The molecule has 6 heteroatoms. The molecule has 20 heavy (non-hydrogen) atoms. The maximum atomic E-state index is 6.32. The molecule has 1 aromatic rings. The van der Waals surface area contributed by atoms with Crippen LogP contribution in [0.4, 0.5) is 0 Å². The third-order valence-corrected chi connectivity index (χ3v) is 3.62. The highest BCUT2D eigenvalue weighted by molar-refractivity contribution is 6.31. The monoisotopic (exact) mass is 303 g/mol. The van der Waals surface area contributed by atoms with Crippen LogP contribution in [-0.2, 0) is 22.9 Å². The van der Waals surface area contributed by atoms with Crippen molar-refractivity contribution in [2.24, 2.45) is 7.05 Å². The Bertz CT molecular complexity index is 403. The maximum Gasteiger partial charge on any atom is 0.173 e. The van der Waals surface area contributed by atoms with Gasteiger partial charge in [-0.1, -0.05) is 18.5 Å². The molecule has 0 saturated carbocycles. The van der Waals surface area contributed by atoms with Crippen molar-refractivity contribution in [1.82, 2.24) is 15.1 Å². The minimum Gasteiger partial charge on any atom is -0.351 e. The van der Waals surface area contributed by atoms with Crippen LogP contribution in [0.2, 0.25) is 5.02 Å². The highest BCUT2D eigenvalue weighted by atomic mass is 35.5. The SMILES string of the molecule is CCNC(Cc1c(Cl)c(C)nn1C)C(OCC)OCC. The fourth-order valence-corrected chi connectivity index (χ4v) is 2.48. The standard InChI is InChI=1S/C14H26ClN3O2/c1-6-16-11(14(19-7-2)20-8-3)9-12-13(15)10(4)17-18(12)5/h11,14,16H,6-9H2,1-5H3. The molecular formula is C14H26ClN3O2. The van der Waals surface area contributed by atoms with E-state index in [2.05, 4.69) is 17.3 Å². The topological polar surface area (TPSA) is 48.3 Å². The summed E-state index contributed by atoms with van der Waals surface area (Å²) < 4.78 is 13.2. The van der Waals surface area contributed by atoms with Crippen molar-refractivity contribution in [2.75, 3.05) is 19.8 Å². The Hall–Kier alpha value is -0.620. The highest BCUT2D eigenvalue weighted by Gasteiger charge is 2.25. The van der Waals surface area contributed by atoms with Gasteiger partial charge in [0.05, 0.1) is 22.5 Å². The van der Waals surface area contributed by atoms with Crippen LogP contribution in [0.3, 0.4) is 0 Å². The van der Waals surface area contributed by atoms with E-state index in [-0.39, 0.29) is 12.3 Å². The zero-order valence-corrected chi connectivity index (χ0v) is 13.8. The van der Waals surface area contributed by atoms with Gasteiger partial charge in [0.1, 0.15) is 0 Å². The molecule has 0 radical (unpaired) electrons. The van der Waals surface area contributed by atoms with Gasteiger partial charge < -0.3 is 14.8 Å². The van der Waals surface area contributed by atoms with Crippen LogP contribution in [0.5, 0.6) is 0 Å². The molecule has 1 rings (SSSR count). The van der Waals surface area contributed by atoms with E-state index in [1.807, 2.05) is 32.5 Å². The molecule has 0 spiro atoms.